The number of nitrogens with one attached hydrogen (secondary N) is 4. The number of aliphatic hydroxyl groups excluding tert-OH is 1. The molecular weight excluding hydrogens is 1600 g/mol. The Balaban J connectivity index is 0.000000171. The molecule has 0 aliphatic heterocycles. The first-order valence-corrected chi connectivity index (χ1v) is 48.6. The van der Waals surface area contributed by atoms with Crippen LogP contribution in [0.3, 0.4) is 0 Å². The maximum Gasteiger partial charge on any atom is 0.248 e. The Labute approximate surface area is 655 Å². The summed E-state index contributed by atoms with van der Waals surface area (Å²) >= 11 is 10.0. The number of ketones is 1. The van der Waals surface area contributed by atoms with Crippen LogP contribution in [0.25, 0.3) is 41.8 Å². The van der Waals surface area contributed by atoms with Gasteiger partial charge >= 0.3 is 128 Å². The summed E-state index contributed by atoms with van der Waals surface area (Å²) in [5, 5.41) is 33.2. The van der Waals surface area contributed by atoms with Crippen LogP contribution in [-0.4, -0.2) is 117 Å². The quantitative estimate of drug-likeness (QED) is 0.0133. The van der Waals surface area contributed by atoms with Gasteiger partial charge in [-0.3, -0.25) is 4.79 Å². The number of halogens is 9. The molecule has 4 fully saturated rings. The van der Waals surface area contributed by atoms with Gasteiger partial charge in [-0.25, -0.2) is 79.7 Å². The number of rotatable bonds is 23. The van der Waals surface area contributed by atoms with Crippen LogP contribution in [0.5, 0.6) is 0 Å². The summed E-state index contributed by atoms with van der Waals surface area (Å²) in [5.41, 5.74) is 8.06. The number of hydrogen-bond donors (Lipinski definition) is 5. The first-order valence-electron chi connectivity index (χ1n) is 37.2. The number of carbonyl (C=O) groups is 1. The van der Waals surface area contributed by atoms with Crippen molar-refractivity contribution in [3.8, 4) is 32.1 Å². The van der Waals surface area contributed by atoms with Gasteiger partial charge in [0.05, 0.1) is 24.9 Å². The summed E-state index contributed by atoms with van der Waals surface area (Å²) in [7, 11) is 0. The van der Waals surface area contributed by atoms with Crippen molar-refractivity contribution in [2.75, 3.05) is 21.3 Å². The number of pyridine rings is 4. The number of anilines is 4. The average molecular weight is 1700 g/mol. The van der Waals surface area contributed by atoms with Gasteiger partial charge in [-0.05, 0) is 140 Å². The molecule has 0 spiro atoms. The minimum atomic E-state index is -2.56. The van der Waals surface area contributed by atoms with E-state index in [1.807, 2.05) is 54.3 Å². The smallest absolute Gasteiger partial charge is 0.248 e. The van der Waals surface area contributed by atoms with Gasteiger partial charge in [-0.15, -0.1) is 34.0 Å². The zero-order valence-corrected chi connectivity index (χ0v) is 69.7. The van der Waals surface area contributed by atoms with E-state index >= 15 is 0 Å². The molecule has 4 aliphatic rings. The van der Waals surface area contributed by atoms with Gasteiger partial charge in [0.1, 0.15) is 54.8 Å². The molecule has 1 atom stereocenters. The first-order chi connectivity index (χ1) is 51.3. The van der Waals surface area contributed by atoms with Crippen LogP contribution >= 0.6 is 56.9 Å². The summed E-state index contributed by atoms with van der Waals surface area (Å²) in [6.07, 6.45) is 10.1. The SMILES string of the molecule is CC(=O)c1cc(NC2CCC(F)(F)CC2)nc(-c2nc(C)cs2)c1.CCC[CH2][Sn]([CH2]CCC)([CH2]CCC)[c]1nc(C)cs1.Cc1csc(-c2cc(C(C)O)cc(NC3CCC(F)(F)CC3)n2)n1.[C-]#[N+]c1cc(Cl)nc(NC2CCC(F)(F)CC2)c1.[C-]#[N+]c1cc(NC2CCC(F)(F)CC2)nc(-c2nc(C)cs2)c1. The molecule has 8 aromatic rings. The van der Waals surface area contributed by atoms with Crippen molar-refractivity contribution in [1.29, 1.82) is 0 Å². The number of aromatic nitrogens is 8. The van der Waals surface area contributed by atoms with Crippen LogP contribution in [0.15, 0.2) is 70.1 Å². The molecule has 5 N–H and O–H groups in total. The van der Waals surface area contributed by atoms with E-state index in [9.17, 15) is 45.0 Å². The molecule has 0 bridgehead atoms. The Morgan fingerprint density at radius 3 is 1.14 bits per heavy atom. The Kier molecular flexibility index (Phi) is 32.7. The molecule has 8 aromatic heterocycles. The fourth-order valence-corrected chi connectivity index (χ4v) is 35.0. The number of nitrogens with zero attached hydrogens (tertiary/aromatic N) is 10. The van der Waals surface area contributed by atoms with Crippen molar-refractivity contribution in [1.82, 2.24) is 39.9 Å². The Morgan fingerprint density at radius 1 is 0.491 bits per heavy atom. The molecule has 0 radical (unpaired) electrons. The molecule has 4 aliphatic carbocycles. The topological polar surface area (TPSA) is 197 Å². The van der Waals surface area contributed by atoms with Gasteiger partial charge < -0.3 is 26.4 Å². The van der Waals surface area contributed by atoms with E-state index < -0.39 is 48.2 Å². The molecule has 30 heteroatoms. The fraction of sp³-hybridized carbons (Fsp3) is 0.551. The zero-order chi connectivity index (χ0) is 78.4. The first kappa shape index (κ1) is 87.0. The predicted molar refractivity (Wildman–Crippen MR) is 427 cm³/mol. The second-order valence-corrected chi connectivity index (χ2v) is 46.5. The molecule has 8 heterocycles. The second-order valence-electron chi connectivity index (χ2n) is 28.7. The van der Waals surface area contributed by atoms with Gasteiger partial charge in [-0.2, -0.15) is 0 Å². The minimum absolute atomic E-state index is 0.0211. The molecule has 4 saturated carbocycles. The number of unbranched alkanes of at least 4 members (excludes halogenated alkanes) is 3. The average Bonchev–Trinajstić information content (AvgIpc) is 1.57. The third kappa shape index (κ3) is 27.7. The molecule has 108 heavy (non-hydrogen) atoms. The normalized spacial score (nSPS) is 17.3. The fourth-order valence-electron chi connectivity index (χ4n) is 13.1. The number of aryl methyl sites for hydroxylation is 4. The Bertz CT molecular complexity index is 4230. The van der Waals surface area contributed by atoms with Crippen LogP contribution in [0.4, 0.5) is 69.8 Å². The number of thiazole rings is 4. The number of aliphatic hydroxyl groups is 1. The predicted octanol–water partition coefficient (Wildman–Crippen LogP) is 24.1. The zero-order valence-electron chi connectivity index (χ0n) is 62.9. The second kappa shape index (κ2) is 40.6. The molecule has 0 amide bonds. The van der Waals surface area contributed by atoms with E-state index in [2.05, 4.69) is 98.9 Å². The molecule has 584 valence electrons. The standard InChI is InChI=1S/C17H21F2N3OS.C17H19F2N3OS.C16H16F2N4S.C12H12ClF2N3.C4H4NS.3C4H9.Sn/c2*1-10-9-24-16(20-10)14-7-12(11(2)23)8-15(22-14)21-13-3-5-17(18,19)6-4-13;1-10-9-23-15(20-10)13-7-12(19-2)8-14(22-13)21-11-3-5-16(17,18)6-4-11;1-16-9-6-10(13)18-11(7-9)17-8-2-4-12(14,15)5-3-8;1-4-2-6-3-5-4;3*1-3-4-2;/h7-9,11,13,23H,3-6H2,1-2H3,(H,21,22);7-9,13H,3-6H2,1-2H3,(H,21,22);7-9,11H,3-6H2,1H3,(H,21,22);6-8H,2-5H2,(H,17,18);2H,1H3;3*1,3-4H2,2H3;. The molecule has 1 unspecified atom stereocenters. The number of carbonyl (C=O) groups excluding carboxylic acids is 1. The Morgan fingerprint density at radius 2 is 0.815 bits per heavy atom. The third-order valence-electron chi connectivity index (χ3n) is 19.3. The van der Waals surface area contributed by atoms with Crippen LogP contribution < -0.4 is 24.3 Å². The van der Waals surface area contributed by atoms with Gasteiger partial charge in [-0.1, -0.05) is 11.6 Å². The molecule has 12 rings (SSSR count). The van der Waals surface area contributed by atoms with E-state index in [1.165, 1.54) is 105 Å². The maximum atomic E-state index is 13.3. The van der Waals surface area contributed by atoms with E-state index in [-0.39, 0.29) is 86.5 Å². The van der Waals surface area contributed by atoms with Crippen LogP contribution in [0, 0.1) is 40.8 Å². The van der Waals surface area contributed by atoms with E-state index in [0.29, 0.717) is 109 Å². The summed E-state index contributed by atoms with van der Waals surface area (Å²) < 4.78 is 112. The monoisotopic (exact) mass is 1700 g/mol. The van der Waals surface area contributed by atoms with Gasteiger partial charge in [0, 0.05) is 114 Å². The minimum Gasteiger partial charge on any atom is -0.389 e. The molecule has 0 saturated heterocycles. The van der Waals surface area contributed by atoms with Crippen molar-refractivity contribution in [2.24, 2.45) is 0 Å². The number of alkyl halides is 8. The van der Waals surface area contributed by atoms with E-state index in [4.69, 9.17) is 29.7 Å². The Hall–Kier alpha value is -6.54. The van der Waals surface area contributed by atoms with Crippen LogP contribution in [0.2, 0.25) is 18.5 Å². The molecular formula is C78H99ClF8N14O2S4Sn. The number of hydrogen-bond acceptors (Lipinski definition) is 18. The molecule has 0 aromatic carbocycles. The van der Waals surface area contributed by atoms with Gasteiger partial charge in [0.2, 0.25) is 23.7 Å². The van der Waals surface area contributed by atoms with Gasteiger partial charge in [0.25, 0.3) is 0 Å². The summed E-state index contributed by atoms with van der Waals surface area (Å²) in [6, 6.07) is 13.3. The van der Waals surface area contributed by atoms with Crippen LogP contribution in [0.1, 0.15) is 221 Å². The largest absolute Gasteiger partial charge is 0.389 e. The van der Waals surface area contributed by atoms with Gasteiger partial charge in [0.15, 0.2) is 17.2 Å². The van der Waals surface area contributed by atoms with Crippen molar-refractivity contribution in [3.63, 3.8) is 0 Å². The summed E-state index contributed by atoms with van der Waals surface area (Å²) in [5.74, 6) is -8.08. The summed E-state index contributed by atoms with van der Waals surface area (Å²) in [6.45, 7) is 32.2. The van der Waals surface area contributed by atoms with E-state index in [0.717, 1.165) is 37.7 Å². The number of Topliss-reactive ketones (excluding diaryl/α,β-unsaturated/α-hetero) is 1. The van der Waals surface area contributed by atoms with Crippen LogP contribution in [-0.2, 0) is 0 Å². The molecule has 16 nitrogen and oxygen atoms in total. The van der Waals surface area contributed by atoms with Crippen molar-refractivity contribution in [2.45, 2.75) is 271 Å². The maximum absolute atomic E-state index is 13.3. The third-order valence-corrected chi connectivity index (χ3v) is 41.3. The summed E-state index contributed by atoms with van der Waals surface area (Å²) in [4.78, 5) is 54.4. The van der Waals surface area contributed by atoms with Crippen molar-refractivity contribution < 1.29 is 45.0 Å². The van der Waals surface area contributed by atoms with E-state index in [1.54, 1.807) is 46.3 Å². The van der Waals surface area contributed by atoms with Crippen molar-refractivity contribution >= 4 is 119 Å². The van der Waals surface area contributed by atoms with Crippen molar-refractivity contribution in [3.05, 3.63) is 132 Å².